The number of rotatable bonds is 2. The van der Waals surface area contributed by atoms with Crippen molar-refractivity contribution in [1.29, 1.82) is 0 Å². The van der Waals surface area contributed by atoms with Crippen molar-refractivity contribution in [2.24, 2.45) is 0 Å². The summed E-state index contributed by atoms with van der Waals surface area (Å²) in [6, 6.07) is 7.96. The molecule has 5 heteroatoms. The molecule has 2 N–H and O–H groups in total. The molecule has 0 radical (unpaired) electrons. The molecular formula is C17H18N4O. The average molecular weight is 294 g/mol. The van der Waals surface area contributed by atoms with E-state index in [0.29, 0.717) is 5.75 Å². The quantitative estimate of drug-likeness (QED) is 0.761. The van der Waals surface area contributed by atoms with E-state index in [-0.39, 0.29) is 6.04 Å². The van der Waals surface area contributed by atoms with E-state index < -0.39 is 0 Å². The number of fused-ring (bicyclic) bond motifs is 2. The van der Waals surface area contributed by atoms with Crippen molar-refractivity contribution in [3.8, 4) is 5.75 Å². The van der Waals surface area contributed by atoms with Gasteiger partial charge in [0, 0.05) is 12.4 Å². The maximum absolute atomic E-state index is 10.1. The standard InChI is InChI=1S/C17H18N4O/c1-11-10-15-17(18-8-9-21(15)20-11)19-14-6-2-5-13-12(14)4-3-7-16(13)22/h3-4,7-10,14,22H,2,5-6H2,1H3,(H,18,19). The van der Waals surface area contributed by atoms with Crippen LogP contribution in [0.25, 0.3) is 5.52 Å². The number of aromatic hydroxyl groups is 1. The lowest BCUT2D eigenvalue weighted by Gasteiger charge is -2.27. The van der Waals surface area contributed by atoms with Gasteiger partial charge in [-0.1, -0.05) is 12.1 Å². The normalized spacial score (nSPS) is 17.4. The van der Waals surface area contributed by atoms with Crippen molar-refractivity contribution in [2.45, 2.75) is 32.2 Å². The molecule has 112 valence electrons. The van der Waals surface area contributed by atoms with Gasteiger partial charge in [-0.2, -0.15) is 5.10 Å². The number of aryl methyl sites for hydroxylation is 1. The first-order chi connectivity index (χ1) is 10.7. The summed E-state index contributed by atoms with van der Waals surface area (Å²) in [7, 11) is 0. The van der Waals surface area contributed by atoms with Gasteiger partial charge in [-0.3, -0.25) is 0 Å². The minimum absolute atomic E-state index is 0.171. The average Bonchev–Trinajstić information content (AvgIpc) is 2.90. The highest BCUT2D eigenvalue weighted by Crippen LogP contribution is 2.36. The van der Waals surface area contributed by atoms with Crippen LogP contribution in [0.15, 0.2) is 36.7 Å². The van der Waals surface area contributed by atoms with E-state index in [1.165, 1.54) is 5.56 Å². The molecule has 3 aromatic rings. The maximum atomic E-state index is 10.1. The number of benzene rings is 1. The van der Waals surface area contributed by atoms with E-state index in [2.05, 4.69) is 21.5 Å². The molecule has 0 fully saturated rings. The SMILES string of the molecule is Cc1cc2c(NC3CCCc4c(O)cccc43)nccn2n1. The smallest absolute Gasteiger partial charge is 0.152 e. The van der Waals surface area contributed by atoms with Crippen LogP contribution < -0.4 is 5.32 Å². The first-order valence-corrected chi connectivity index (χ1v) is 7.60. The Kier molecular flexibility index (Phi) is 2.99. The highest BCUT2D eigenvalue weighted by Gasteiger charge is 2.23. The van der Waals surface area contributed by atoms with Crippen LogP contribution in [0.4, 0.5) is 5.82 Å². The molecule has 2 aromatic heterocycles. The van der Waals surface area contributed by atoms with E-state index >= 15 is 0 Å². The van der Waals surface area contributed by atoms with Crippen LogP contribution in [-0.4, -0.2) is 19.7 Å². The number of phenols is 1. The van der Waals surface area contributed by atoms with Gasteiger partial charge in [-0.15, -0.1) is 0 Å². The summed E-state index contributed by atoms with van der Waals surface area (Å²) in [6.45, 7) is 1.98. The minimum Gasteiger partial charge on any atom is -0.508 e. The van der Waals surface area contributed by atoms with Crippen LogP contribution in [0.5, 0.6) is 5.75 Å². The molecule has 22 heavy (non-hydrogen) atoms. The zero-order valence-corrected chi connectivity index (χ0v) is 12.5. The number of nitrogens with one attached hydrogen (secondary N) is 1. The zero-order chi connectivity index (χ0) is 15.1. The molecule has 0 bridgehead atoms. The largest absolute Gasteiger partial charge is 0.508 e. The number of nitrogens with zero attached hydrogens (tertiary/aromatic N) is 3. The molecular weight excluding hydrogens is 276 g/mol. The summed E-state index contributed by atoms with van der Waals surface area (Å²) >= 11 is 0. The number of aromatic nitrogens is 3. The number of phenolic OH excluding ortho intramolecular Hbond substituents is 1. The lowest BCUT2D eigenvalue weighted by molar-refractivity contribution is 0.457. The van der Waals surface area contributed by atoms with E-state index in [1.54, 1.807) is 12.3 Å². The van der Waals surface area contributed by atoms with E-state index in [9.17, 15) is 5.11 Å². The lowest BCUT2D eigenvalue weighted by Crippen LogP contribution is -2.18. The van der Waals surface area contributed by atoms with E-state index in [4.69, 9.17) is 0 Å². The molecule has 0 saturated heterocycles. The third-order valence-electron chi connectivity index (χ3n) is 4.31. The van der Waals surface area contributed by atoms with Gasteiger partial charge in [0.15, 0.2) is 5.82 Å². The van der Waals surface area contributed by atoms with Crippen molar-refractivity contribution in [2.75, 3.05) is 5.32 Å². The minimum atomic E-state index is 0.171. The zero-order valence-electron chi connectivity index (χ0n) is 12.5. The second kappa shape index (κ2) is 5.02. The second-order valence-corrected chi connectivity index (χ2v) is 5.83. The van der Waals surface area contributed by atoms with Crippen LogP contribution in [0.2, 0.25) is 0 Å². The molecule has 1 aliphatic carbocycles. The summed E-state index contributed by atoms with van der Waals surface area (Å²) in [5.41, 5.74) is 4.18. The maximum Gasteiger partial charge on any atom is 0.152 e. The lowest BCUT2D eigenvalue weighted by atomic mass is 9.87. The number of hydrogen-bond acceptors (Lipinski definition) is 4. The molecule has 5 nitrogen and oxygen atoms in total. The Hall–Kier alpha value is -2.56. The summed E-state index contributed by atoms with van der Waals surface area (Å²) in [4.78, 5) is 4.48. The van der Waals surface area contributed by atoms with Crippen molar-refractivity contribution in [3.05, 3.63) is 53.5 Å². The van der Waals surface area contributed by atoms with Crippen molar-refractivity contribution >= 4 is 11.3 Å². The first kappa shape index (κ1) is 13.1. The molecule has 1 aromatic carbocycles. The van der Waals surface area contributed by atoms with Crippen LogP contribution in [0, 0.1) is 6.92 Å². The summed E-state index contributed by atoms with van der Waals surface area (Å²) in [5.74, 6) is 1.24. The van der Waals surface area contributed by atoms with Gasteiger partial charge in [0.2, 0.25) is 0 Å². The predicted molar refractivity (Wildman–Crippen MR) is 85.1 cm³/mol. The van der Waals surface area contributed by atoms with Crippen LogP contribution >= 0.6 is 0 Å². The van der Waals surface area contributed by atoms with E-state index in [1.807, 2.05) is 29.8 Å². The Bertz CT molecular complexity index is 840. The summed E-state index contributed by atoms with van der Waals surface area (Å²) in [6.07, 6.45) is 6.64. The number of hydrogen-bond donors (Lipinski definition) is 2. The summed E-state index contributed by atoms with van der Waals surface area (Å²) in [5, 5.41) is 18.0. The van der Waals surface area contributed by atoms with Crippen LogP contribution in [0.3, 0.4) is 0 Å². The fourth-order valence-electron chi connectivity index (χ4n) is 3.30. The molecule has 4 rings (SSSR count). The topological polar surface area (TPSA) is 62.5 Å². The Morgan fingerprint density at radius 1 is 1.36 bits per heavy atom. The Balaban J connectivity index is 1.74. The fourth-order valence-corrected chi connectivity index (χ4v) is 3.30. The van der Waals surface area contributed by atoms with Gasteiger partial charge >= 0.3 is 0 Å². The van der Waals surface area contributed by atoms with E-state index in [0.717, 1.165) is 41.9 Å². The summed E-state index contributed by atoms with van der Waals surface area (Å²) < 4.78 is 1.84. The van der Waals surface area contributed by atoms with Crippen molar-refractivity contribution < 1.29 is 5.11 Å². The Morgan fingerprint density at radius 3 is 3.18 bits per heavy atom. The second-order valence-electron chi connectivity index (χ2n) is 5.83. The number of anilines is 1. The van der Waals surface area contributed by atoms with Crippen LogP contribution in [0.1, 0.15) is 35.7 Å². The first-order valence-electron chi connectivity index (χ1n) is 7.60. The van der Waals surface area contributed by atoms with Crippen LogP contribution in [-0.2, 0) is 6.42 Å². The van der Waals surface area contributed by atoms with Gasteiger partial charge < -0.3 is 10.4 Å². The van der Waals surface area contributed by atoms with Crippen molar-refractivity contribution in [1.82, 2.24) is 14.6 Å². The highest BCUT2D eigenvalue weighted by molar-refractivity contribution is 5.68. The molecule has 2 heterocycles. The monoisotopic (exact) mass is 294 g/mol. The van der Waals surface area contributed by atoms with Gasteiger partial charge in [-0.05, 0) is 49.4 Å². The Labute approximate surface area is 128 Å². The molecule has 0 spiro atoms. The Morgan fingerprint density at radius 2 is 2.27 bits per heavy atom. The third kappa shape index (κ3) is 2.09. The molecule has 1 aliphatic rings. The van der Waals surface area contributed by atoms with Gasteiger partial charge in [0.25, 0.3) is 0 Å². The highest BCUT2D eigenvalue weighted by atomic mass is 16.3. The fraction of sp³-hybridized carbons (Fsp3) is 0.294. The van der Waals surface area contributed by atoms with Gasteiger partial charge in [0.1, 0.15) is 11.3 Å². The molecule has 1 unspecified atom stereocenters. The third-order valence-corrected chi connectivity index (χ3v) is 4.31. The molecule has 1 atom stereocenters. The molecule has 0 aliphatic heterocycles. The molecule has 0 amide bonds. The van der Waals surface area contributed by atoms with Gasteiger partial charge in [0.05, 0.1) is 11.7 Å². The van der Waals surface area contributed by atoms with Crippen molar-refractivity contribution in [3.63, 3.8) is 0 Å². The predicted octanol–water partition coefficient (Wildman–Crippen LogP) is 3.23. The molecule has 0 saturated carbocycles. The van der Waals surface area contributed by atoms with Gasteiger partial charge in [-0.25, -0.2) is 9.50 Å².